The Kier molecular flexibility index (Phi) is 5.40. The summed E-state index contributed by atoms with van der Waals surface area (Å²) >= 11 is 0. The maximum absolute atomic E-state index is 11.5. The van der Waals surface area contributed by atoms with Crippen LogP contribution in [-0.4, -0.2) is 56.6 Å². The Hall–Kier alpha value is -3.06. The lowest BCUT2D eigenvalue weighted by atomic mass is 10.1. The Bertz CT molecular complexity index is 1000. The van der Waals surface area contributed by atoms with Crippen molar-refractivity contribution in [2.75, 3.05) is 31.1 Å². The molecule has 0 saturated carbocycles. The molecule has 7 heteroatoms. The number of hydrogen-bond acceptors (Lipinski definition) is 6. The number of benzene rings is 1. The number of anilines is 1. The minimum Gasteiger partial charge on any atom is -0.352 e. The highest BCUT2D eigenvalue weighted by molar-refractivity contribution is 5.94. The van der Waals surface area contributed by atoms with Crippen molar-refractivity contribution in [1.82, 2.24) is 24.6 Å². The molecule has 150 valence electrons. The van der Waals surface area contributed by atoms with E-state index in [2.05, 4.69) is 38.0 Å². The summed E-state index contributed by atoms with van der Waals surface area (Å²) in [6.45, 7) is 8.30. The molecule has 0 bridgehead atoms. The number of nitrogens with zero attached hydrogens (tertiary/aromatic N) is 6. The molecule has 29 heavy (non-hydrogen) atoms. The molecule has 1 saturated heterocycles. The van der Waals surface area contributed by atoms with Gasteiger partial charge in [0.15, 0.2) is 11.6 Å². The van der Waals surface area contributed by atoms with Crippen LogP contribution in [0.2, 0.25) is 0 Å². The molecule has 1 aromatic carbocycles. The van der Waals surface area contributed by atoms with E-state index < -0.39 is 0 Å². The van der Waals surface area contributed by atoms with Gasteiger partial charge in [-0.2, -0.15) is 5.10 Å². The van der Waals surface area contributed by atoms with Gasteiger partial charge in [-0.05, 0) is 13.8 Å². The van der Waals surface area contributed by atoms with Crippen molar-refractivity contribution in [3.8, 4) is 11.3 Å². The Morgan fingerprint density at radius 1 is 1.03 bits per heavy atom. The molecule has 3 aromatic rings. The van der Waals surface area contributed by atoms with Crippen molar-refractivity contribution in [2.24, 2.45) is 7.05 Å². The van der Waals surface area contributed by atoms with Crippen LogP contribution >= 0.6 is 0 Å². The van der Waals surface area contributed by atoms with Crippen LogP contribution in [0.1, 0.15) is 28.5 Å². The fourth-order valence-corrected chi connectivity index (χ4v) is 3.79. The van der Waals surface area contributed by atoms with E-state index in [0.29, 0.717) is 5.56 Å². The number of ketones is 1. The first-order chi connectivity index (χ1) is 14.0. The molecule has 0 atom stereocenters. The van der Waals surface area contributed by atoms with Crippen LogP contribution in [0, 0.1) is 6.92 Å². The lowest BCUT2D eigenvalue weighted by molar-refractivity contribution is 0.101. The second kappa shape index (κ2) is 8.13. The highest BCUT2D eigenvalue weighted by Crippen LogP contribution is 2.28. The van der Waals surface area contributed by atoms with Gasteiger partial charge in [0.05, 0.1) is 5.69 Å². The number of Topliss-reactive ketones (excluding diaryl/α,β-unsaturated/α-hetero) is 1. The molecule has 0 radical (unpaired) electrons. The maximum Gasteiger partial charge on any atom is 0.159 e. The summed E-state index contributed by atoms with van der Waals surface area (Å²) in [5.74, 6) is 0.969. The van der Waals surface area contributed by atoms with Gasteiger partial charge in [0, 0.05) is 75.1 Å². The maximum atomic E-state index is 11.5. The van der Waals surface area contributed by atoms with Crippen molar-refractivity contribution in [3.63, 3.8) is 0 Å². The van der Waals surface area contributed by atoms with Crippen LogP contribution < -0.4 is 4.90 Å². The number of aryl methyl sites for hydroxylation is 2. The van der Waals surface area contributed by atoms with Crippen LogP contribution in [-0.2, 0) is 13.6 Å². The van der Waals surface area contributed by atoms with Gasteiger partial charge in [-0.15, -0.1) is 0 Å². The normalized spacial score (nSPS) is 14.9. The van der Waals surface area contributed by atoms with Crippen molar-refractivity contribution in [3.05, 3.63) is 59.7 Å². The van der Waals surface area contributed by atoms with E-state index in [0.717, 1.165) is 55.5 Å². The van der Waals surface area contributed by atoms with Gasteiger partial charge in [-0.3, -0.25) is 19.4 Å². The Morgan fingerprint density at radius 3 is 2.34 bits per heavy atom. The Morgan fingerprint density at radius 2 is 1.72 bits per heavy atom. The highest BCUT2D eigenvalue weighted by atomic mass is 16.1. The second-order valence-electron chi connectivity index (χ2n) is 7.54. The lowest BCUT2D eigenvalue weighted by Gasteiger charge is -2.35. The van der Waals surface area contributed by atoms with Gasteiger partial charge in [0.1, 0.15) is 5.69 Å². The molecule has 0 unspecified atom stereocenters. The predicted molar refractivity (Wildman–Crippen MR) is 113 cm³/mol. The van der Waals surface area contributed by atoms with Crippen molar-refractivity contribution < 1.29 is 4.79 Å². The van der Waals surface area contributed by atoms with Gasteiger partial charge in [-0.1, -0.05) is 24.3 Å². The average molecular weight is 390 g/mol. The van der Waals surface area contributed by atoms with Gasteiger partial charge in [0.2, 0.25) is 0 Å². The average Bonchev–Trinajstić information content (AvgIpc) is 3.05. The van der Waals surface area contributed by atoms with E-state index in [1.165, 1.54) is 5.56 Å². The molecule has 0 N–H and O–H groups in total. The second-order valence-corrected chi connectivity index (χ2v) is 7.54. The van der Waals surface area contributed by atoms with E-state index >= 15 is 0 Å². The quantitative estimate of drug-likeness (QED) is 0.624. The fourth-order valence-electron chi connectivity index (χ4n) is 3.79. The third-order valence-corrected chi connectivity index (χ3v) is 5.42. The third kappa shape index (κ3) is 4.19. The number of carbonyl (C=O) groups is 1. The molecule has 2 aromatic heterocycles. The molecule has 7 nitrogen and oxygen atoms in total. The van der Waals surface area contributed by atoms with Crippen molar-refractivity contribution in [1.29, 1.82) is 0 Å². The van der Waals surface area contributed by atoms with E-state index in [1.54, 1.807) is 19.3 Å². The highest BCUT2D eigenvalue weighted by Gasteiger charge is 2.22. The summed E-state index contributed by atoms with van der Waals surface area (Å²) in [6, 6.07) is 7.60. The molecular formula is C22H26N6O. The number of rotatable bonds is 5. The summed E-state index contributed by atoms with van der Waals surface area (Å²) in [4.78, 5) is 25.5. The van der Waals surface area contributed by atoms with Gasteiger partial charge < -0.3 is 4.90 Å². The lowest BCUT2D eigenvalue weighted by Crippen LogP contribution is -2.46. The SMILES string of the molecule is CC(=O)c1ccc(-c2nccnc2N2CCN(Cc3cn(C)nc3C)CC2)cc1. The van der Waals surface area contributed by atoms with Crippen LogP contribution in [0.5, 0.6) is 0 Å². The Labute approximate surface area is 171 Å². The molecular weight excluding hydrogens is 364 g/mol. The molecule has 1 aliphatic heterocycles. The summed E-state index contributed by atoms with van der Waals surface area (Å²) in [5, 5.41) is 4.44. The largest absolute Gasteiger partial charge is 0.352 e. The molecule has 0 aliphatic carbocycles. The van der Waals surface area contributed by atoms with Crippen LogP contribution in [0.15, 0.2) is 42.9 Å². The number of aromatic nitrogens is 4. The summed E-state index contributed by atoms with van der Waals surface area (Å²) < 4.78 is 1.88. The number of hydrogen-bond donors (Lipinski definition) is 0. The molecule has 4 rings (SSSR count). The number of piperazine rings is 1. The van der Waals surface area contributed by atoms with E-state index in [4.69, 9.17) is 0 Å². The molecule has 1 aliphatic rings. The van der Waals surface area contributed by atoms with Crippen LogP contribution in [0.3, 0.4) is 0 Å². The fraction of sp³-hybridized carbons (Fsp3) is 0.364. The first-order valence-electron chi connectivity index (χ1n) is 9.90. The van der Waals surface area contributed by atoms with Gasteiger partial charge in [0.25, 0.3) is 0 Å². The zero-order valence-electron chi connectivity index (χ0n) is 17.2. The van der Waals surface area contributed by atoms with E-state index in [-0.39, 0.29) is 5.78 Å². The first kappa shape index (κ1) is 19.3. The summed E-state index contributed by atoms with van der Waals surface area (Å²) in [7, 11) is 1.97. The molecule has 0 amide bonds. The van der Waals surface area contributed by atoms with Gasteiger partial charge >= 0.3 is 0 Å². The van der Waals surface area contributed by atoms with E-state index in [1.807, 2.05) is 36.0 Å². The zero-order valence-corrected chi connectivity index (χ0v) is 17.2. The van der Waals surface area contributed by atoms with Crippen LogP contribution in [0.25, 0.3) is 11.3 Å². The first-order valence-corrected chi connectivity index (χ1v) is 9.90. The third-order valence-electron chi connectivity index (χ3n) is 5.42. The van der Waals surface area contributed by atoms with Gasteiger partial charge in [-0.25, -0.2) is 4.98 Å². The molecule has 3 heterocycles. The Balaban J connectivity index is 1.47. The van der Waals surface area contributed by atoms with Crippen molar-refractivity contribution >= 4 is 11.6 Å². The summed E-state index contributed by atoms with van der Waals surface area (Å²) in [6.07, 6.45) is 5.57. The predicted octanol–water partition coefficient (Wildman–Crippen LogP) is 2.71. The minimum absolute atomic E-state index is 0.0656. The van der Waals surface area contributed by atoms with E-state index in [9.17, 15) is 4.79 Å². The smallest absolute Gasteiger partial charge is 0.159 e. The molecule has 1 fully saturated rings. The number of carbonyl (C=O) groups excluding carboxylic acids is 1. The zero-order chi connectivity index (χ0) is 20.4. The monoisotopic (exact) mass is 390 g/mol. The molecule has 0 spiro atoms. The topological polar surface area (TPSA) is 67.2 Å². The van der Waals surface area contributed by atoms with Crippen molar-refractivity contribution in [2.45, 2.75) is 20.4 Å². The standard InChI is InChI=1S/C22H26N6O/c1-16-20(14-26(3)25-16)15-27-10-12-28(13-11-27)22-21(23-8-9-24-22)19-6-4-18(5-7-19)17(2)29/h4-9,14H,10-13,15H2,1-3H3. The summed E-state index contributed by atoms with van der Waals surface area (Å²) in [5.41, 5.74) is 4.93. The minimum atomic E-state index is 0.0656. The van der Waals surface area contributed by atoms with Crippen LogP contribution in [0.4, 0.5) is 5.82 Å².